The summed E-state index contributed by atoms with van der Waals surface area (Å²) in [4.78, 5) is 11.1. The molecule has 2 aromatic rings. The van der Waals surface area contributed by atoms with Crippen molar-refractivity contribution in [1.82, 2.24) is 0 Å². The molecule has 2 aromatic carbocycles. The van der Waals surface area contributed by atoms with Crippen LogP contribution in [0.1, 0.15) is 63.8 Å². The van der Waals surface area contributed by atoms with Crippen molar-refractivity contribution in [1.29, 1.82) is 0 Å². The van der Waals surface area contributed by atoms with E-state index in [1.165, 1.54) is 0 Å². The van der Waals surface area contributed by atoms with E-state index in [9.17, 15) is 0 Å². The van der Waals surface area contributed by atoms with Crippen LogP contribution >= 0.6 is 17.1 Å². The molecule has 0 saturated heterocycles. The van der Waals surface area contributed by atoms with Crippen molar-refractivity contribution in [2.24, 2.45) is 0 Å². The smallest absolute Gasteiger partial charge is 0.330 e. The Labute approximate surface area is 184 Å². The first kappa shape index (κ1) is 24.2. The summed E-state index contributed by atoms with van der Waals surface area (Å²) in [5.41, 5.74) is 3.75. The van der Waals surface area contributed by atoms with Crippen molar-refractivity contribution in [2.45, 2.75) is 66.2 Å². The fourth-order valence-corrected chi connectivity index (χ4v) is 3.53. The summed E-state index contributed by atoms with van der Waals surface area (Å²) in [6.07, 6.45) is 0. The third kappa shape index (κ3) is 6.97. The summed E-state index contributed by atoms with van der Waals surface area (Å²) >= 11 is 11.5. The molecular weight excluding hydrogens is 427 g/mol. The Morgan fingerprint density at radius 3 is 1.38 bits per heavy atom. The second-order valence-electron chi connectivity index (χ2n) is 9.25. The van der Waals surface area contributed by atoms with Crippen LogP contribution in [0, 0.1) is 13.8 Å². The highest BCUT2D eigenvalue weighted by Gasteiger charge is 2.26. The molecule has 0 saturated carbocycles. The SMILES string of the molecule is Cc1ccc(C(C)(C)C)c(OOP(=S)(Cl)OOc2cc(C)ccc2C(C)(C)C)c1. The molecule has 7 heteroatoms. The van der Waals surface area contributed by atoms with Gasteiger partial charge >= 0.3 is 5.84 Å². The highest BCUT2D eigenvalue weighted by Crippen LogP contribution is 2.55. The molecule has 0 fully saturated rings. The van der Waals surface area contributed by atoms with Crippen molar-refractivity contribution in [3.63, 3.8) is 0 Å². The molecule has 0 atom stereocenters. The van der Waals surface area contributed by atoms with Crippen molar-refractivity contribution < 1.29 is 19.1 Å². The average molecular weight is 457 g/mol. The summed E-state index contributed by atoms with van der Waals surface area (Å²) < 4.78 is 10.7. The molecule has 0 aliphatic rings. The maximum atomic E-state index is 6.28. The van der Waals surface area contributed by atoms with Gasteiger partial charge in [-0.25, -0.2) is 0 Å². The van der Waals surface area contributed by atoms with Crippen LogP contribution in [0.15, 0.2) is 36.4 Å². The van der Waals surface area contributed by atoms with Gasteiger partial charge in [0.05, 0.1) is 0 Å². The molecule has 2 rings (SSSR count). The Balaban J connectivity index is 2.14. The summed E-state index contributed by atoms with van der Waals surface area (Å²) in [5, 5.41) is 0. The lowest BCUT2D eigenvalue weighted by molar-refractivity contribution is -0.154. The monoisotopic (exact) mass is 456 g/mol. The van der Waals surface area contributed by atoms with Crippen LogP contribution in [0.2, 0.25) is 0 Å². The molecule has 0 amide bonds. The number of halogens is 1. The Bertz CT molecular complexity index is 845. The van der Waals surface area contributed by atoms with E-state index in [0.29, 0.717) is 11.5 Å². The average Bonchev–Trinajstić information content (AvgIpc) is 2.56. The van der Waals surface area contributed by atoms with E-state index in [4.69, 9.17) is 42.2 Å². The highest BCUT2D eigenvalue weighted by atomic mass is 35.7. The van der Waals surface area contributed by atoms with Crippen molar-refractivity contribution in [3.8, 4) is 11.5 Å². The van der Waals surface area contributed by atoms with Gasteiger partial charge in [-0.3, -0.25) is 0 Å². The highest BCUT2D eigenvalue weighted by molar-refractivity contribution is 8.22. The van der Waals surface area contributed by atoms with Gasteiger partial charge in [-0.15, -0.1) is 9.35 Å². The fraction of sp³-hybridized carbons (Fsp3) is 0.455. The van der Waals surface area contributed by atoms with Gasteiger partial charge in [0, 0.05) is 11.1 Å². The van der Waals surface area contributed by atoms with Crippen LogP contribution in [0.25, 0.3) is 0 Å². The Morgan fingerprint density at radius 1 is 0.724 bits per heavy atom. The number of hydrogen-bond acceptors (Lipinski definition) is 5. The molecule has 0 heterocycles. The van der Waals surface area contributed by atoms with Gasteiger partial charge in [0.2, 0.25) is 0 Å². The second kappa shape index (κ2) is 8.95. The third-order valence-corrected chi connectivity index (χ3v) is 5.53. The largest absolute Gasteiger partial charge is 0.364 e. The quantitative estimate of drug-likeness (QED) is 0.253. The van der Waals surface area contributed by atoms with E-state index < -0.39 is 5.84 Å². The summed E-state index contributed by atoms with van der Waals surface area (Å²) in [6, 6.07) is 11.8. The molecule has 160 valence electrons. The zero-order valence-electron chi connectivity index (χ0n) is 18.3. The lowest BCUT2D eigenvalue weighted by Crippen LogP contribution is -2.14. The predicted octanol–water partition coefficient (Wildman–Crippen LogP) is 7.68. The molecule has 29 heavy (non-hydrogen) atoms. The molecule has 0 aliphatic carbocycles. The topological polar surface area (TPSA) is 36.9 Å². The molecule has 0 spiro atoms. The molecule has 0 aliphatic heterocycles. The Kier molecular flexibility index (Phi) is 7.46. The molecule has 0 unspecified atom stereocenters. The maximum absolute atomic E-state index is 6.28. The van der Waals surface area contributed by atoms with Gasteiger partial charge in [-0.1, -0.05) is 65.8 Å². The molecule has 0 N–H and O–H groups in total. The molecule has 4 nitrogen and oxygen atoms in total. The third-order valence-electron chi connectivity index (χ3n) is 4.32. The van der Waals surface area contributed by atoms with E-state index in [1.807, 2.05) is 50.2 Å². The van der Waals surface area contributed by atoms with E-state index in [-0.39, 0.29) is 10.8 Å². The molecule has 0 aromatic heterocycles. The minimum Gasteiger partial charge on any atom is -0.330 e. The summed E-state index contributed by atoms with van der Waals surface area (Å²) in [5.74, 6) is -2.22. The van der Waals surface area contributed by atoms with Crippen molar-refractivity contribution in [2.75, 3.05) is 0 Å². The van der Waals surface area contributed by atoms with Crippen LogP contribution in [-0.4, -0.2) is 0 Å². The first-order valence-corrected chi connectivity index (χ1v) is 13.0. The lowest BCUT2D eigenvalue weighted by atomic mass is 9.86. The van der Waals surface area contributed by atoms with Crippen LogP contribution in [0.4, 0.5) is 0 Å². The van der Waals surface area contributed by atoms with E-state index in [1.54, 1.807) is 0 Å². The van der Waals surface area contributed by atoms with Crippen LogP contribution in [-0.2, 0) is 32.0 Å². The van der Waals surface area contributed by atoms with Crippen LogP contribution in [0.5, 0.6) is 11.5 Å². The first-order valence-electron chi connectivity index (χ1n) is 9.43. The summed E-state index contributed by atoms with van der Waals surface area (Å²) in [6.45, 7) is 16.5. The van der Waals surface area contributed by atoms with Gasteiger partial charge in [0.1, 0.15) is 0 Å². The second-order valence-corrected chi connectivity index (χ2v) is 13.8. The predicted molar refractivity (Wildman–Crippen MR) is 123 cm³/mol. The van der Waals surface area contributed by atoms with E-state index >= 15 is 0 Å². The van der Waals surface area contributed by atoms with Crippen molar-refractivity contribution in [3.05, 3.63) is 58.7 Å². The summed E-state index contributed by atoms with van der Waals surface area (Å²) in [7, 11) is 0. The van der Waals surface area contributed by atoms with Crippen LogP contribution in [0.3, 0.4) is 0 Å². The molecule has 0 bridgehead atoms. The minimum absolute atomic E-state index is 0.137. The zero-order valence-corrected chi connectivity index (χ0v) is 20.8. The number of rotatable bonds is 6. The normalized spacial score (nSPS) is 12.7. The number of hydrogen-bond donors (Lipinski definition) is 0. The van der Waals surface area contributed by atoms with E-state index in [2.05, 4.69) is 41.5 Å². The Hall–Kier alpha value is -1.10. The minimum atomic E-state index is -3.34. The van der Waals surface area contributed by atoms with Gasteiger partial charge in [-0.2, -0.15) is 0 Å². The van der Waals surface area contributed by atoms with Crippen LogP contribution < -0.4 is 9.78 Å². The number of benzene rings is 2. The van der Waals surface area contributed by atoms with Gasteiger partial charge in [0.25, 0.3) is 0 Å². The fourth-order valence-electron chi connectivity index (χ4n) is 2.82. The van der Waals surface area contributed by atoms with Gasteiger partial charge in [-0.05, 0) is 71.0 Å². The zero-order chi connectivity index (χ0) is 22.0. The first-order chi connectivity index (χ1) is 13.2. The van der Waals surface area contributed by atoms with Gasteiger partial charge in [0.15, 0.2) is 11.5 Å². The Morgan fingerprint density at radius 2 is 1.07 bits per heavy atom. The van der Waals surface area contributed by atoms with Crippen molar-refractivity contribution >= 4 is 28.9 Å². The standard InChI is InChI=1S/C22H30ClO4PS/c1-15-9-11-17(21(3,4)5)19(13-15)24-26-28(23,29)27-25-20-14-16(2)10-12-18(20)22(6,7)8/h9-14H,1-8H3. The van der Waals surface area contributed by atoms with Gasteiger partial charge < -0.3 is 9.78 Å². The van der Waals surface area contributed by atoms with E-state index in [0.717, 1.165) is 22.3 Å². The number of aryl methyl sites for hydroxylation is 2. The molecular formula is C22H30ClO4PS. The lowest BCUT2D eigenvalue weighted by Gasteiger charge is -2.24. The maximum Gasteiger partial charge on any atom is 0.364 e. The molecule has 0 radical (unpaired) electrons.